The van der Waals surface area contributed by atoms with Crippen LogP contribution in [0.25, 0.3) is 0 Å². The molecule has 2 aliphatic rings. The number of carbonyl (C=O) groups excluding carboxylic acids is 2. The summed E-state index contributed by atoms with van der Waals surface area (Å²) >= 11 is 0. The van der Waals surface area contributed by atoms with Crippen LogP contribution in [0.15, 0.2) is 0 Å². The third kappa shape index (κ3) is 8.79. The minimum Gasteiger partial charge on any atom is -0.465 e. The van der Waals surface area contributed by atoms with Crippen LogP contribution >= 0.6 is 0 Å². The van der Waals surface area contributed by atoms with Gasteiger partial charge in [-0.05, 0) is 68.1 Å². The third-order valence-electron chi connectivity index (χ3n) is 7.24. The maximum Gasteiger partial charge on any atom is 0.305 e. The topological polar surface area (TPSA) is 43.4 Å². The Bertz CT molecular complexity index is 451. The summed E-state index contributed by atoms with van der Waals surface area (Å²) in [6.07, 6.45) is 13.3. The fourth-order valence-electron chi connectivity index (χ4n) is 4.78. The highest BCUT2D eigenvalue weighted by Gasteiger charge is 2.24. The van der Waals surface area contributed by atoms with E-state index in [1.54, 1.807) is 0 Å². The lowest BCUT2D eigenvalue weighted by Crippen LogP contribution is -2.21. The lowest BCUT2D eigenvalue weighted by Gasteiger charge is -2.31. The fraction of sp³-hybridized carbons (Fsp3) is 0.917. The molecule has 3 heteroatoms. The first-order valence-corrected chi connectivity index (χ1v) is 11.6. The van der Waals surface area contributed by atoms with E-state index in [1.165, 1.54) is 44.9 Å². The Kier molecular flexibility index (Phi) is 9.86. The van der Waals surface area contributed by atoms with Gasteiger partial charge in [0, 0.05) is 19.3 Å². The molecule has 0 radical (unpaired) electrons. The molecule has 0 heterocycles. The maximum absolute atomic E-state index is 12.1. The first-order valence-electron chi connectivity index (χ1n) is 11.6. The summed E-state index contributed by atoms with van der Waals surface area (Å²) in [5.74, 6) is 4.10. The van der Waals surface area contributed by atoms with Gasteiger partial charge in [-0.1, -0.05) is 46.5 Å². The van der Waals surface area contributed by atoms with Crippen LogP contribution in [-0.4, -0.2) is 18.4 Å². The number of ether oxygens (including phenoxy) is 1. The normalized spacial score (nSPS) is 31.4. The lowest BCUT2D eigenvalue weighted by molar-refractivity contribution is -0.145. The summed E-state index contributed by atoms with van der Waals surface area (Å²) in [7, 11) is 0. The summed E-state index contributed by atoms with van der Waals surface area (Å²) in [6.45, 7) is 7.61. The van der Waals surface area contributed by atoms with Crippen LogP contribution < -0.4 is 0 Å². The van der Waals surface area contributed by atoms with Crippen molar-refractivity contribution in [1.29, 1.82) is 0 Å². The molecule has 0 saturated heterocycles. The van der Waals surface area contributed by atoms with Gasteiger partial charge in [0.25, 0.3) is 0 Å². The highest BCUT2D eigenvalue weighted by Crippen LogP contribution is 2.35. The van der Waals surface area contributed by atoms with E-state index in [0.29, 0.717) is 31.1 Å². The number of hydrogen-bond acceptors (Lipinski definition) is 3. The molecule has 3 atom stereocenters. The van der Waals surface area contributed by atoms with Crippen molar-refractivity contribution in [3.63, 3.8) is 0 Å². The van der Waals surface area contributed by atoms with Crippen molar-refractivity contribution in [3.8, 4) is 0 Å². The molecule has 3 unspecified atom stereocenters. The number of esters is 1. The van der Waals surface area contributed by atoms with Gasteiger partial charge in [-0.15, -0.1) is 0 Å². The van der Waals surface area contributed by atoms with E-state index in [9.17, 15) is 9.59 Å². The van der Waals surface area contributed by atoms with E-state index in [2.05, 4.69) is 20.8 Å². The van der Waals surface area contributed by atoms with Gasteiger partial charge in [-0.3, -0.25) is 9.59 Å². The minimum atomic E-state index is -0.0774. The standard InChI is InChI=1S/C24H42O3/c1-18-8-11-22(12-9-18)17-27-24(26)7-5-4-6-23(25)15-14-21-13-10-19(2)20(3)16-21/h18-22H,4-17H2,1-3H3. The van der Waals surface area contributed by atoms with Gasteiger partial charge < -0.3 is 4.74 Å². The molecule has 0 amide bonds. The first kappa shape index (κ1) is 22.4. The van der Waals surface area contributed by atoms with Gasteiger partial charge in [0.15, 0.2) is 0 Å². The minimum absolute atomic E-state index is 0.0774. The summed E-state index contributed by atoms with van der Waals surface area (Å²) in [6, 6.07) is 0. The number of unbranched alkanes of at least 4 members (excludes halogenated alkanes) is 1. The van der Waals surface area contributed by atoms with Crippen LogP contribution in [0.4, 0.5) is 0 Å². The Labute approximate surface area is 167 Å². The molecule has 0 N–H and O–H groups in total. The van der Waals surface area contributed by atoms with Crippen LogP contribution in [-0.2, 0) is 14.3 Å². The first-order chi connectivity index (χ1) is 12.9. The van der Waals surface area contributed by atoms with Crippen molar-refractivity contribution in [2.75, 3.05) is 6.61 Å². The van der Waals surface area contributed by atoms with Crippen molar-refractivity contribution in [2.24, 2.45) is 29.6 Å². The van der Waals surface area contributed by atoms with E-state index in [0.717, 1.165) is 49.4 Å². The van der Waals surface area contributed by atoms with Crippen molar-refractivity contribution >= 4 is 11.8 Å². The second kappa shape index (κ2) is 11.9. The summed E-state index contributed by atoms with van der Waals surface area (Å²) in [5.41, 5.74) is 0. The summed E-state index contributed by atoms with van der Waals surface area (Å²) in [5, 5.41) is 0. The van der Waals surface area contributed by atoms with Crippen LogP contribution in [0.5, 0.6) is 0 Å². The van der Waals surface area contributed by atoms with Crippen molar-refractivity contribution in [1.82, 2.24) is 0 Å². The van der Waals surface area contributed by atoms with Crippen molar-refractivity contribution in [2.45, 2.75) is 104 Å². The Balaban J connectivity index is 1.46. The molecule has 2 fully saturated rings. The quantitative estimate of drug-likeness (QED) is 0.329. The zero-order valence-corrected chi connectivity index (χ0v) is 18.0. The Morgan fingerprint density at radius 2 is 1.44 bits per heavy atom. The largest absolute Gasteiger partial charge is 0.465 e. The predicted molar refractivity (Wildman–Crippen MR) is 110 cm³/mol. The maximum atomic E-state index is 12.1. The van der Waals surface area contributed by atoms with Gasteiger partial charge in [-0.2, -0.15) is 0 Å². The van der Waals surface area contributed by atoms with E-state index in [-0.39, 0.29) is 5.97 Å². The van der Waals surface area contributed by atoms with E-state index < -0.39 is 0 Å². The van der Waals surface area contributed by atoms with E-state index in [4.69, 9.17) is 4.74 Å². The molecule has 2 rings (SSSR count). The summed E-state index contributed by atoms with van der Waals surface area (Å²) < 4.78 is 5.45. The molecule has 156 valence electrons. The second-order valence-corrected chi connectivity index (χ2v) is 9.73. The van der Waals surface area contributed by atoms with Crippen LogP contribution in [0.1, 0.15) is 104 Å². The van der Waals surface area contributed by atoms with Gasteiger partial charge in [0.05, 0.1) is 6.61 Å². The molecule has 0 spiro atoms. The van der Waals surface area contributed by atoms with E-state index in [1.807, 2.05) is 0 Å². The zero-order valence-electron chi connectivity index (χ0n) is 18.0. The zero-order chi connectivity index (χ0) is 19.6. The third-order valence-corrected chi connectivity index (χ3v) is 7.24. The fourth-order valence-corrected chi connectivity index (χ4v) is 4.78. The van der Waals surface area contributed by atoms with Gasteiger partial charge in [0.1, 0.15) is 5.78 Å². The molecule has 27 heavy (non-hydrogen) atoms. The van der Waals surface area contributed by atoms with Gasteiger partial charge in [-0.25, -0.2) is 0 Å². The highest BCUT2D eigenvalue weighted by molar-refractivity contribution is 5.78. The van der Waals surface area contributed by atoms with Crippen LogP contribution in [0.2, 0.25) is 0 Å². The molecule has 0 aliphatic heterocycles. The number of Topliss-reactive ketones (excluding diaryl/α,β-unsaturated/α-hetero) is 1. The van der Waals surface area contributed by atoms with Crippen LogP contribution in [0, 0.1) is 29.6 Å². The predicted octanol–water partition coefficient (Wildman–Crippen LogP) is 6.34. The molecule has 0 aromatic heterocycles. The summed E-state index contributed by atoms with van der Waals surface area (Å²) in [4.78, 5) is 24.0. The monoisotopic (exact) mass is 378 g/mol. The van der Waals surface area contributed by atoms with Gasteiger partial charge >= 0.3 is 5.97 Å². The molecule has 3 nitrogen and oxygen atoms in total. The molecule has 2 aliphatic carbocycles. The SMILES string of the molecule is CC1CCC(COC(=O)CCCCC(=O)CCC2CCC(C)C(C)C2)CC1. The Morgan fingerprint density at radius 3 is 2.15 bits per heavy atom. The second-order valence-electron chi connectivity index (χ2n) is 9.73. The average Bonchev–Trinajstić information content (AvgIpc) is 2.65. The molecule has 0 aromatic rings. The van der Waals surface area contributed by atoms with Crippen LogP contribution in [0.3, 0.4) is 0 Å². The molecule has 0 aromatic carbocycles. The molecular formula is C24H42O3. The number of carbonyl (C=O) groups is 2. The average molecular weight is 379 g/mol. The highest BCUT2D eigenvalue weighted by atomic mass is 16.5. The van der Waals surface area contributed by atoms with Crippen molar-refractivity contribution < 1.29 is 14.3 Å². The van der Waals surface area contributed by atoms with E-state index >= 15 is 0 Å². The Hall–Kier alpha value is -0.860. The number of hydrogen-bond donors (Lipinski definition) is 0. The van der Waals surface area contributed by atoms with Crippen molar-refractivity contribution in [3.05, 3.63) is 0 Å². The molecule has 2 saturated carbocycles. The number of ketones is 1. The molecule has 0 bridgehead atoms. The smallest absolute Gasteiger partial charge is 0.305 e. The lowest BCUT2D eigenvalue weighted by atomic mass is 9.74. The molecular weight excluding hydrogens is 336 g/mol. The number of rotatable bonds is 10. The Morgan fingerprint density at radius 1 is 0.778 bits per heavy atom. The van der Waals surface area contributed by atoms with Gasteiger partial charge in [0.2, 0.25) is 0 Å².